The average molecular weight is 367 g/mol. The van der Waals surface area contributed by atoms with Crippen molar-refractivity contribution in [1.29, 1.82) is 0 Å². The minimum atomic E-state index is -0.319. The zero-order valence-electron chi connectivity index (χ0n) is 15.7. The smallest absolute Gasteiger partial charge is 0.269 e. The summed E-state index contributed by atoms with van der Waals surface area (Å²) in [7, 11) is 0. The van der Waals surface area contributed by atoms with Crippen LogP contribution in [0.3, 0.4) is 0 Å². The Kier molecular flexibility index (Phi) is 5.35. The molecule has 0 radical (unpaired) electrons. The molecule has 0 atom stereocenters. The monoisotopic (exact) mass is 367 g/mol. The quantitative estimate of drug-likeness (QED) is 0.646. The number of hydrogen-bond donors (Lipinski definition) is 2. The highest BCUT2D eigenvalue weighted by molar-refractivity contribution is 5.95. The van der Waals surface area contributed by atoms with Crippen LogP contribution in [0.2, 0.25) is 0 Å². The van der Waals surface area contributed by atoms with Crippen LogP contribution in [0.5, 0.6) is 5.75 Å². The molecule has 0 saturated carbocycles. The van der Waals surface area contributed by atoms with Gasteiger partial charge in [0.2, 0.25) is 5.95 Å². The zero-order chi connectivity index (χ0) is 19.4. The van der Waals surface area contributed by atoms with Gasteiger partial charge in [-0.15, -0.1) is 0 Å². The average Bonchev–Trinajstić information content (AvgIpc) is 2.95. The second kappa shape index (κ2) is 7.86. The molecule has 0 unspecified atom stereocenters. The Bertz CT molecular complexity index is 928. The number of ether oxygens (including phenoxy) is 1. The lowest BCUT2D eigenvalue weighted by Crippen LogP contribution is -2.30. The number of benzene rings is 1. The summed E-state index contributed by atoms with van der Waals surface area (Å²) in [5.74, 6) is 1.32. The van der Waals surface area contributed by atoms with Crippen molar-refractivity contribution in [2.24, 2.45) is 0 Å². The summed E-state index contributed by atoms with van der Waals surface area (Å²) in [5.41, 5.74) is 9.09. The van der Waals surface area contributed by atoms with Crippen molar-refractivity contribution in [3.8, 4) is 5.75 Å². The fourth-order valence-corrected chi connectivity index (χ4v) is 2.56. The molecule has 3 aromatic rings. The molecule has 1 aromatic carbocycles. The number of hydrogen-bond acceptors (Lipinski definition) is 7. The highest BCUT2D eigenvalue weighted by atomic mass is 16.5. The van der Waals surface area contributed by atoms with Gasteiger partial charge in [0.1, 0.15) is 18.1 Å². The highest BCUT2D eigenvalue weighted by Gasteiger charge is 2.11. The summed E-state index contributed by atoms with van der Waals surface area (Å²) in [6.07, 6.45) is 0. The van der Waals surface area contributed by atoms with E-state index in [0.717, 1.165) is 28.4 Å². The Labute approximate surface area is 156 Å². The van der Waals surface area contributed by atoms with Gasteiger partial charge in [0, 0.05) is 17.0 Å². The Balaban J connectivity index is 1.63. The molecule has 8 heteroatoms. The maximum Gasteiger partial charge on any atom is 0.269 e. The molecule has 140 valence electrons. The van der Waals surface area contributed by atoms with Crippen molar-refractivity contribution < 1.29 is 14.1 Å². The Morgan fingerprint density at radius 3 is 2.52 bits per heavy atom. The van der Waals surface area contributed by atoms with E-state index in [9.17, 15) is 4.79 Å². The van der Waals surface area contributed by atoms with E-state index in [4.69, 9.17) is 9.26 Å². The second-order valence-corrected chi connectivity index (χ2v) is 6.17. The lowest BCUT2D eigenvalue weighted by atomic mass is 10.2. The van der Waals surface area contributed by atoms with Gasteiger partial charge in [-0.3, -0.25) is 15.6 Å². The van der Waals surface area contributed by atoms with Crippen molar-refractivity contribution in [2.75, 3.05) is 5.43 Å². The van der Waals surface area contributed by atoms with Crippen LogP contribution in [0.1, 0.15) is 38.8 Å². The number of aryl methyl sites for hydroxylation is 4. The number of carbonyl (C=O) groups excluding carboxylic acids is 1. The molecule has 0 aliphatic rings. The first-order valence-electron chi connectivity index (χ1n) is 8.45. The van der Waals surface area contributed by atoms with Crippen molar-refractivity contribution >= 4 is 11.9 Å². The van der Waals surface area contributed by atoms with Crippen LogP contribution in [-0.2, 0) is 6.61 Å². The maximum atomic E-state index is 12.4. The Morgan fingerprint density at radius 1 is 1.11 bits per heavy atom. The number of nitrogens with one attached hydrogen (secondary N) is 2. The van der Waals surface area contributed by atoms with Gasteiger partial charge in [-0.05, 0) is 52.0 Å². The van der Waals surface area contributed by atoms with Crippen LogP contribution in [0.15, 0.2) is 34.9 Å². The van der Waals surface area contributed by atoms with E-state index in [0.29, 0.717) is 23.9 Å². The summed E-state index contributed by atoms with van der Waals surface area (Å²) in [6, 6.07) is 8.76. The van der Waals surface area contributed by atoms with E-state index >= 15 is 0 Å². The minimum Gasteiger partial charge on any atom is -0.489 e. The fraction of sp³-hybridized carbons (Fsp3) is 0.263. The Morgan fingerprint density at radius 2 is 1.85 bits per heavy atom. The van der Waals surface area contributed by atoms with Crippen LogP contribution in [0, 0.1) is 27.7 Å². The predicted octanol–water partition coefficient (Wildman–Crippen LogP) is 3.03. The summed E-state index contributed by atoms with van der Waals surface area (Å²) in [6.45, 7) is 7.74. The van der Waals surface area contributed by atoms with Crippen LogP contribution in [-0.4, -0.2) is 21.0 Å². The number of nitrogens with zero attached hydrogens (tertiary/aromatic N) is 3. The number of hydrazine groups is 1. The zero-order valence-corrected chi connectivity index (χ0v) is 15.7. The molecule has 3 rings (SSSR count). The van der Waals surface area contributed by atoms with Gasteiger partial charge in [-0.1, -0.05) is 11.2 Å². The molecule has 2 aromatic heterocycles. The van der Waals surface area contributed by atoms with E-state index in [2.05, 4.69) is 26.0 Å². The van der Waals surface area contributed by atoms with E-state index < -0.39 is 0 Å². The molecule has 2 N–H and O–H groups in total. The largest absolute Gasteiger partial charge is 0.489 e. The van der Waals surface area contributed by atoms with Crippen molar-refractivity contribution in [2.45, 2.75) is 34.3 Å². The molecular formula is C19H21N5O3. The molecule has 2 heterocycles. The maximum absolute atomic E-state index is 12.4. The van der Waals surface area contributed by atoms with Gasteiger partial charge in [-0.25, -0.2) is 9.97 Å². The lowest BCUT2D eigenvalue weighted by molar-refractivity contribution is 0.0961. The molecule has 27 heavy (non-hydrogen) atoms. The first-order valence-corrected chi connectivity index (χ1v) is 8.45. The summed E-state index contributed by atoms with van der Waals surface area (Å²) < 4.78 is 10.9. The van der Waals surface area contributed by atoms with Gasteiger partial charge in [-0.2, -0.15) is 0 Å². The number of rotatable bonds is 6. The number of amides is 1. The summed E-state index contributed by atoms with van der Waals surface area (Å²) >= 11 is 0. The molecule has 0 aliphatic carbocycles. The van der Waals surface area contributed by atoms with Crippen molar-refractivity contribution in [3.05, 3.63) is 64.3 Å². The van der Waals surface area contributed by atoms with Gasteiger partial charge in [0.25, 0.3) is 5.91 Å². The molecule has 0 saturated heterocycles. The lowest BCUT2D eigenvalue weighted by Gasteiger charge is -2.10. The third-order valence-corrected chi connectivity index (χ3v) is 3.93. The van der Waals surface area contributed by atoms with Crippen molar-refractivity contribution in [3.63, 3.8) is 0 Å². The SMILES string of the molecule is Cc1cc(C)nc(NNC(=O)c2cccc(OCc3c(C)noc3C)c2)n1. The molecule has 0 spiro atoms. The first kappa shape index (κ1) is 18.4. The van der Waals surface area contributed by atoms with Crippen LogP contribution < -0.4 is 15.6 Å². The molecular weight excluding hydrogens is 346 g/mol. The third kappa shape index (κ3) is 4.60. The van der Waals surface area contributed by atoms with E-state index in [1.165, 1.54) is 0 Å². The molecule has 0 bridgehead atoms. The fourth-order valence-electron chi connectivity index (χ4n) is 2.56. The number of anilines is 1. The van der Waals surface area contributed by atoms with Gasteiger partial charge in [0.05, 0.1) is 11.3 Å². The molecule has 0 aliphatic heterocycles. The van der Waals surface area contributed by atoms with Crippen molar-refractivity contribution in [1.82, 2.24) is 20.6 Å². The van der Waals surface area contributed by atoms with Gasteiger partial charge >= 0.3 is 0 Å². The van der Waals surface area contributed by atoms with E-state index in [-0.39, 0.29) is 5.91 Å². The van der Waals surface area contributed by atoms with Crippen LogP contribution in [0.25, 0.3) is 0 Å². The summed E-state index contributed by atoms with van der Waals surface area (Å²) in [4.78, 5) is 20.8. The molecule has 8 nitrogen and oxygen atoms in total. The van der Waals surface area contributed by atoms with Gasteiger partial charge < -0.3 is 9.26 Å². The van der Waals surface area contributed by atoms with Crippen LogP contribution in [0.4, 0.5) is 5.95 Å². The number of aromatic nitrogens is 3. The van der Waals surface area contributed by atoms with E-state index in [1.54, 1.807) is 24.3 Å². The third-order valence-electron chi connectivity index (χ3n) is 3.93. The van der Waals surface area contributed by atoms with Crippen LogP contribution >= 0.6 is 0 Å². The van der Waals surface area contributed by atoms with Gasteiger partial charge in [0.15, 0.2) is 0 Å². The number of carbonyl (C=O) groups is 1. The first-order chi connectivity index (χ1) is 12.9. The molecule has 1 amide bonds. The Hall–Kier alpha value is -3.42. The second-order valence-electron chi connectivity index (χ2n) is 6.17. The summed E-state index contributed by atoms with van der Waals surface area (Å²) in [5, 5.41) is 3.90. The van der Waals surface area contributed by atoms with E-state index in [1.807, 2.05) is 33.8 Å². The topological polar surface area (TPSA) is 102 Å². The normalized spacial score (nSPS) is 10.5. The molecule has 0 fully saturated rings. The standard InChI is InChI=1S/C19H21N5O3/c1-11-8-12(2)21-19(20-11)23-22-18(25)15-6-5-7-16(9-15)26-10-17-13(3)24-27-14(17)4/h5-9H,10H2,1-4H3,(H,22,25)(H,20,21,23). The minimum absolute atomic E-state index is 0.319. The highest BCUT2D eigenvalue weighted by Crippen LogP contribution is 2.18. The predicted molar refractivity (Wildman–Crippen MR) is 99.3 cm³/mol.